The zero-order valence-corrected chi connectivity index (χ0v) is 28.2. The first-order valence-electron chi connectivity index (χ1n) is 16.8. The van der Waals surface area contributed by atoms with Crippen LogP contribution in [0.15, 0.2) is 23.1 Å². The third-order valence-corrected chi connectivity index (χ3v) is 9.32. The van der Waals surface area contributed by atoms with E-state index in [2.05, 4.69) is 6.92 Å². The van der Waals surface area contributed by atoms with E-state index in [1.807, 2.05) is 0 Å². The minimum absolute atomic E-state index is 0.0265. The molecule has 0 aliphatic carbocycles. The van der Waals surface area contributed by atoms with Crippen molar-refractivity contribution in [3.8, 4) is 0 Å². The molecule has 2 rings (SSSR count). The van der Waals surface area contributed by atoms with Gasteiger partial charge in [0.2, 0.25) is 5.91 Å². The fraction of sp³-hybridized carbons (Fsp3) is 0.765. The summed E-state index contributed by atoms with van der Waals surface area (Å²) in [6.07, 6.45) is 18.4. The van der Waals surface area contributed by atoms with Gasteiger partial charge in [0.1, 0.15) is 6.61 Å². The number of aryl methyl sites for hydroxylation is 1. The van der Waals surface area contributed by atoms with Crippen LogP contribution in [0.25, 0.3) is 0 Å². The van der Waals surface area contributed by atoms with Crippen molar-refractivity contribution in [2.24, 2.45) is 5.92 Å². The number of carbonyl (C=O) groups excluding carboxylic acids is 2. The molecule has 0 radical (unpaired) electrons. The molecule has 0 bridgehead atoms. The van der Waals surface area contributed by atoms with E-state index in [-0.39, 0.29) is 36.5 Å². The van der Waals surface area contributed by atoms with Crippen molar-refractivity contribution in [1.29, 1.82) is 0 Å². The first-order valence-corrected chi connectivity index (χ1v) is 18.3. The summed E-state index contributed by atoms with van der Waals surface area (Å²) in [6, 6.07) is 4.53. The Balaban J connectivity index is 1.54. The molecule has 252 valence electrons. The predicted octanol–water partition coefficient (Wildman–Crippen LogP) is 7.67. The summed E-state index contributed by atoms with van der Waals surface area (Å²) in [5, 5.41) is 0. The molecule has 1 aliphatic rings. The second-order valence-electron chi connectivity index (χ2n) is 12.3. The smallest absolute Gasteiger partial charge is 0.416 e. The molecule has 0 saturated carbocycles. The highest BCUT2D eigenvalue weighted by Gasteiger charge is 2.29. The number of carbonyl (C=O) groups is 2. The maximum absolute atomic E-state index is 12.7. The van der Waals surface area contributed by atoms with Crippen molar-refractivity contribution in [3.05, 3.63) is 29.3 Å². The standard InChI is InChI=1S/C34H57NO8S/c1-4-5-6-7-8-9-10-11-12-13-14-15-16-17-23-41-25-30-24-31(42-26-30)27-43-34(37)35(29(3)36)22-21-32-28(2)19-18-20-33(32)44(38,39)40/h18-20,30-31H,4-17,21-27H2,1-3H3,(H,38,39,40)/t30-,31-/m0/s1. The van der Waals surface area contributed by atoms with Crippen LogP contribution in [0.5, 0.6) is 0 Å². The lowest BCUT2D eigenvalue weighted by atomic mass is 10.0. The molecule has 0 aromatic heterocycles. The molecule has 1 aromatic carbocycles. The Bertz CT molecular complexity index is 1080. The number of unbranched alkanes of at least 4 members (excludes halogenated alkanes) is 13. The second-order valence-corrected chi connectivity index (χ2v) is 13.6. The molecule has 1 saturated heterocycles. The largest absolute Gasteiger partial charge is 0.446 e. The Morgan fingerprint density at radius 3 is 2.09 bits per heavy atom. The third-order valence-electron chi connectivity index (χ3n) is 8.38. The lowest BCUT2D eigenvalue weighted by Gasteiger charge is -2.21. The second kappa shape index (κ2) is 21.7. The molecular weight excluding hydrogens is 582 g/mol. The predicted molar refractivity (Wildman–Crippen MR) is 172 cm³/mol. The van der Waals surface area contributed by atoms with Crippen molar-refractivity contribution in [2.45, 2.75) is 135 Å². The van der Waals surface area contributed by atoms with Crippen LogP contribution in [0.2, 0.25) is 0 Å². The van der Waals surface area contributed by atoms with Crippen LogP contribution in [-0.2, 0) is 35.5 Å². The van der Waals surface area contributed by atoms with Crippen LogP contribution in [-0.4, -0.2) is 68.9 Å². The quantitative estimate of drug-likeness (QED) is 0.0957. The van der Waals surface area contributed by atoms with E-state index in [0.29, 0.717) is 30.8 Å². The first-order chi connectivity index (χ1) is 21.1. The van der Waals surface area contributed by atoms with Gasteiger partial charge in [0.15, 0.2) is 0 Å². The van der Waals surface area contributed by atoms with Gasteiger partial charge in [-0.25, -0.2) is 9.69 Å². The Kier molecular flexibility index (Phi) is 18.8. The summed E-state index contributed by atoms with van der Waals surface area (Å²) in [5.74, 6) is -0.270. The molecular formula is C34H57NO8S. The van der Waals surface area contributed by atoms with Gasteiger partial charge < -0.3 is 14.2 Å². The van der Waals surface area contributed by atoms with Gasteiger partial charge in [0.25, 0.3) is 10.1 Å². The number of hydrogen-bond acceptors (Lipinski definition) is 7. The normalized spacial score (nSPS) is 16.7. The lowest BCUT2D eigenvalue weighted by Crippen LogP contribution is -2.38. The van der Waals surface area contributed by atoms with Gasteiger partial charge in [-0.2, -0.15) is 8.42 Å². The molecule has 1 heterocycles. The van der Waals surface area contributed by atoms with Crippen LogP contribution in [0.1, 0.15) is 121 Å². The highest BCUT2D eigenvalue weighted by Crippen LogP contribution is 2.22. The van der Waals surface area contributed by atoms with Crippen molar-refractivity contribution in [1.82, 2.24) is 4.90 Å². The Morgan fingerprint density at radius 1 is 0.932 bits per heavy atom. The molecule has 1 N–H and O–H groups in total. The minimum atomic E-state index is -4.44. The summed E-state index contributed by atoms with van der Waals surface area (Å²) < 4.78 is 50.1. The fourth-order valence-corrected chi connectivity index (χ4v) is 6.57. The molecule has 10 heteroatoms. The van der Waals surface area contributed by atoms with Gasteiger partial charge in [-0.05, 0) is 43.4 Å². The molecule has 1 fully saturated rings. The maximum Gasteiger partial charge on any atom is 0.416 e. The van der Waals surface area contributed by atoms with Crippen LogP contribution >= 0.6 is 0 Å². The van der Waals surface area contributed by atoms with E-state index in [1.165, 1.54) is 103 Å². The monoisotopic (exact) mass is 639 g/mol. The van der Waals surface area contributed by atoms with E-state index in [4.69, 9.17) is 14.2 Å². The summed E-state index contributed by atoms with van der Waals surface area (Å²) >= 11 is 0. The number of nitrogens with zero attached hydrogens (tertiary/aromatic N) is 1. The Labute approximate surface area is 266 Å². The summed E-state index contributed by atoms with van der Waals surface area (Å²) in [6.45, 7) is 7.08. The highest BCUT2D eigenvalue weighted by molar-refractivity contribution is 7.85. The number of benzene rings is 1. The Hall–Kier alpha value is -2.01. The number of amides is 2. The molecule has 2 atom stereocenters. The van der Waals surface area contributed by atoms with E-state index in [1.54, 1.807) is 13.0 Å². The fourth-order valence-electron chi connectivity index (χ4n) is 5.74. The lowest BCUT2D eigenvalue weighted by molar-refractivity contribution is -0.127. The molecule has 0 spiro atoms. The molecule has 44 heavy (non-hydrogen) atoms. The van der Waals surface area contributed by atoms with Gasteiger partial charge in [-0.1, -0.05) is 103 Å². The van der Waals surface area contributed by atoms with E-state index in [9.17, 15) is 22.6 Å². The summed E-state index contributed by atoms with van der Waals surface area (Å²) in [7, 11) is -4.44. The third kappa shape index (κ3) is 15.3. The van der Waals surface area contributed by atoms with Gasteiger partial charge in [-0.3, -0.25) is 9.35 Å². The van der Waals surface area contributed by atoms with Gasteiger partial charge >= 0.3 is 6.09 Å². The van der Waals surface area contributed by atoms with Gasteiger partial charge in [-0.15, -0.1) is 0 Å². The molecule has 1 aliphatic heterocycles. The highest BCUT2D eigenvalue weighted by atomic mass is 32.2. The van der Waals surface area contributed by atoms with E-state index >= 15 is 0 Å². The van der Waals surface area contributed by atoms with Crippen molar-refractivity contribution >= 4 is 22.1 Å². The van der Waals surface area contributed by atoms with Crippen LogP contribution < -0.4 is 0 Å². The van der Waals surface area contributed by atoms with E-state index < -0.39 is 22.1 Å². The van der Waals surface area contributed by atoms with Gasteiger partial charge in [0, 0.05) is 26.0 Å². The van der Waals surface area contributed by atoms with Crippen molar-refractivity contribution in [2.75, 3.05) is 33.0 Å². The van der Waals surface area contributed by atoms with Crippen LogP contribution in [0.3, 0.4) is 0 Å². The number of hydrogen-bond donors (Lipinski definition) is 1. The first kappa shape index (κ1) is 38.2. The van der Waals surface area contributed by atoms with Crippen LogP contribution in [0, 0.1) is 12.8 Å². The average Bonchev–Trinajstić information content (AvgIpc) is 3.43. The van der Waals surface area contributed by atoms with Gasteiger partial charge in [0.05, 0.1) is 24.2 Å². The van der Waals surface area contributed by atoms with Crippen molar-refractivity contribution in [3.63, 3.8) is 0 Å². The molecule has 0 unspecified atom stereocenters. The minimum Gasteiger partial charge on any atom is -0.446 e. The molecule has 9 nitrogen and oxygen atoms in total. The average molecular weight is 640 g/mol. The zero-order valence-electron chi connectivity index (χ0n) is 27.4. The summed E-state index contributed by atoms with van der Waals surface area (Å²) in [4.78, 5) is 25.5. The van der Waals surface area contributed by atoms with Crippen LogP contribution in [0.4, 0.5) is 4.79 Å². The molecule has 1 aromatic rings. The summed E-state index contributed by atoms with van der Waals surface area (Å²) in [5.41, 5.74) is 0.985. The zero-order chi connectivity index (χ0) is 32.2. The van der Waals surface area contributed by atoms with E-state index in [0.717, 1.165) is 17.9 Å². The maximum atomic E-state index is 12.7. The van der Waals surface area contributed by atoms with Crippen molar-refractivity contribution < 1.29 is 36.8 Å². The number of ether oxygens (including phenoxy) is 3. The number of imide groups is 1. The SMILES string of the molecule is CCCCCCCCCCCCCCCCOC[C@H]1CO[C@H](COC(=O)N(CCc2c(C)cccc2S(=O)(=O)O)C(C)=O)C1. The number of rotatable bonds is 23. The topological polar surface area (TPSA) is 119 Å². The Morgan fingerprint density at radius 2 is 1.52 bits per heavy atom. The molecule has 2 amide bonds.